The normalized spacial score (nSPS) is 45.7. The number of hydrogen-bond donors (Lipinski definition) is 2. The van der Waals surface area contributed by atoms with Crippen molar-refractivity contribution in [1.82, 2.24) is 0 Å². The third-order valence-electron chi connectivity index (χ3n) is 8.33. The van der Waals surface area contributed by atoms with Crippen molar-refractivity contribution in [2.75, 3.05) is 13.2 Å². The highest BCUT2D eigenvalue weighted by Crippen LogP contribution is 2.68. The number of carbonyl (C=O) groups is 3. The first-order chi connectivity index (χ1) is 13.5. The predicted molar refractivity (Wildman–Crippen MR) is 101 cm³/mol. The molecule has 0 amide bonds. The van der Waals surface area contributed by atoms with Gasteiger partial charge in [0.05, 0.1) is 11.5 Å². The number of rotatable bonds is 2. The maximum absolute atomic E-state index is 13.3. The van der Waals surface area contributed by atoms with Gasteiger partial charge in [0, 0.05) is 19.4 Å². The van der Waals surface area contributed by atoms with E-state index in [1.54, 1.807) is 0 Å². The SMILES string of the molecule is C=C1C(=O)[C@@]23C[C@@H]1C[C@@H](O)[C@@H]2[C@@]1(COC3=O)[C@H](OC(C)=O)CCC(C)(C)[C@@H]1CO. The zero-order valence-corrected chi connectivity index (χ0v) is 17.3. The van der Waals surface area contributed by atoms with Gasteiger partial charge < -0.3 is 19.7 Å². The van der Waals surface area contributed by atoms with Crippen molar-refractivity contribution in [1.29, 1.82) is 0 Å². The molecule has 4 aliphatic rings. The quantitative estimate of drug-likeness (QED) is 0.405. The molecule has 4 rings (SSSR count). The van der Waals surface area contributed by atoms with E-state index >= 15 is 0 Å². The number of Topliss-reactive ketones (excluding diaryl/α,β-unsaturated/α-hetero) is 1. The first kappa shape index (κ1) is 20.5. The Morgan fingerprint density at radius 2 is 2.03 bits per heavy atom. The molecule has 0 radical (unpaired) electrons. The Labute approximate surface area is 170 Å². The van der Waals surface area contributed by atoms with E-state index in [0.29, 0.717) is 24.8 Å². The number of fused-ring (bicyclic) bond motifs is 2. The Balaban J connectivity index is 1.95. The van der Waals surface area contributed by atoms with Crippen molar-refractivity contribution in [2.24, 2.45) is 34.0 Å². The molecule has 7 nitrogen and oxygen atoms in total. The second-order valence-corrected chi connectivity index (χ2v) is 10.1. The molecular weight excluding hydrogens is 376 g/mol. The molecule has 7 atom stereocenters. The van der Waals surface area contributed by atoms with Crippen molar-refractivity contribution >= 4 is 17.7 Å². The summed E-state index contributed by atoms with van der Waals surface area (Å²) in [6.07, 6.45) is 0.193. The summed E-state index contributed by atoms with van der Waals surface area (Å²) >= 11 is 0. The summed E-state index contributed by atoms with van der Waals surface area (Å²) in [4.78, 5) is 38.3. The van der Waals surface area contributed by atoms with Crippen LogP contribution in [0.4, 0.5) is 0 Å². The molecule has 2 N–H and O–H groups in total. The maximum atomic E-state index is 13.3. The Kier molecular flexibility index (Phi) is 4.52. The minimum atomic E-state index is -1.52. The number of ether oxygens (including phenoxy) is 2. The second-order valence-electron chi connectivity index (χ2n) is 10.1. The molecule has 2 bridgehead atoms. The van der Waals surface area contributed by atoms with Crippen LogP contribution in [0.25, 0.3) is 0 Å². The van der Waals surface area contributed by atoms with E-state index in [2.05, 4.69) is 6.58 Å². The molecule has 2 spiro atoms. The zero-order chi connectivity index (χ0) is 21.4. The molecule has 7 heteroatoms. The number of esters is 2. The minimum absolute atomic E-state index is 0.0909. The number of aliphatic hydroxyl groups is 2. The zero-order valence-electron chi connectivity index (χ0n) is 17.3. The molecule has 160 valence electrons. The van der Waals surface area contributed by atoms with Crippen LogP contribution >= 0.6 is 0 Å². The van der Waals surface area contributed by atoms with E-state index in [4.69, 9.17) is 9.47 Å². The van der Waals surface area contributed by atoms with Crippen molar-refractivity contribution in [2.45, 2.75) is 58.7 Å². The lowest BCUT2D eigenvalue weighted by Gasteiger charge is -2.63. The number of cyclic esters (lactones) is 1. The van der Waals surface area contributed by atoms with Gasteiger partial charge in [-0.05, 0) is 48.5 Å². The number of carbonyl (C=O) groups excluding carboxylic acids is 3. The lowest BCUT2D eigenvalue weighted by atomic mass is 9.43. The molecule has 3 aliphatic carbocycles. The summed E-state index contributed by atoms with van der Waals surface area (Å²) in [6, 6.07) is 0. The highest BCUT2D eigenvalue weighted by molar-refractivity contribution is 6.15. The van der Waals surface area contributed by atoms with Gasteiger partial charge in [0.2, 0.25) is 0 Å². The Morgan fingerprint density at radius 3 is 2.66 bits per heavy atom. The molecule has 3 saturated carbocycles. The first-order valence-electron chi connectivity index (χ1n) is 10.4. The average molecular weight is 406 g/mol. The molecule has 1 heterocycles. The van der Waals surface area contributed by atoms with Crippen LogP contribution in [-0.2, 0) is 23.9 Å². The molecule has 1 aliphatic heterocycles. The summed E-state index contributed by atoms with van der Waals surface area (Å²) < 4.78 is 11.4. The highest BCUT2D eigenvalue weighted by Gasteiger charge is 2.76. The van der Waals surface area contributed by atoms with E-state index in [-0.39, 0.29) is 36.8 Å². The van der Waals surface area contributed by atoms with Gasteiger partial charge >= 0.3 is 11.9 Å². The van der Waals surface area contributed by atoms with Crippen LogP contribution in [0.3, 0.4) is 0 Å². The molecule has 0 unspecified atom stereocenters. The van der Waals surface area contributed by atoms with Crippen LogP contribution in [0.5, 0.6) is 0 Å². The fourth-order valence-corrected chi connectivity index (χ4v) is 7.15. The summed E-state index contributed by atoms with van der Waals surface area (Å²) in [5.41, 5.74) is -2.55. The first-order valence-corrected chi connectivity index (χ1v) is 10.4. The fourth-order valence-electron chi connectivity index (χ4n) is 7.15. The monoisotopic (exact) mass is 406 g/mol. The van der Waals surface area contributed by atoms with Gasteiger partial charge in [-0.25, -0.2) is 0 Å². The van der Waals surface area contributed by atoms with Crippen LogP contribution in [-0.4, -0.2) is 53.4 Å². The van der Waals surface area contributed by atoms with Crippen LogP contribution < -0.4 is 0 Å². The lowest BCUT2D eigenvalue weighted by molar-refractivity contribution is -0.263. The number of allylic oxidation sites excluding steroid dienone is 1. The fraction of sp³-hybridized carbons (Fsp3) is 0.773. The third-order valence-corrected chi connectivity index (χ3v) is 8.33. The standard InChI is InChI=1S/C22H30O7/c1-11-13-7-14(25)17-21(8-13,18(11)26)19(27)28-10-22(17)15(9-23)20(3,4)6-5-16(22)29-12(2)24/h13-17,23,25H,1,5-10H2,2-4H3/t13-,14+,15-,16+,17-,21+,22+/m0/s1. The molecule has 0 aromatic carbocycles. The summed E-state index contributed by atoms with van der Waals surface area (Å²) in [5.74, 6) is -2.93. The van der Waals surface area contributed by atoms with Gasteiger partial charge in [0.25, 0.3) is 0 Å². The summed E-state index contributed by atoms with van der Waals surface area (Å²) in [6.45, 7) is 8.95. The van der Waals surface area contributed by atoms with E-state index in [9.17, 15) is 24.6 Å². The Morgan fingerprint density at radius 1 is 1.34 bits per heavy atom. The van der Waals surface area contributed by atoms with Crippen LogP contribution in [0, 0.1) is 34.0 Å². The molecule has 0 aromatic heterocycles. The van der Waals surface area contributed by atoms with Gasteiger partial charge in [-0.1, -0.05) is 20.4 Å². The molecule has 29 heavy (non-hydrogen) atoms. The van der Waals surface area contributed by atoms with Crippen molar-refractivity contribution in [3.8, 4) is 0 Å². The van der Waals surface area contributed by atoms with Crippen molar-refractivity contribution < 1.29 is 34.1 Å². The van der Waals surface area contributed by atoms with E-state index < -0.39 is 46.8 Å². The maximum Gasteiger partial charge on any atom is 0.320 e. The second kappa shape index (κ2) is 6.38. The van der Waals surface area contributed by atoms with E-state index in [1.807, 2.05) is 13.8 Å². The van der Waals surface area contributed by atoms with Crippen LogP contribution in [0.2, 0.25) is 0 Å². The molecular formula is C22H30O7. The van der Waals surface area contributed by atoms with Gasteiger partial charge in [-0.3, -0.25) is 14.4 Å². The van der Waals surface area contributed by atoms with Crippen molar-refractivity contribution in [3.05, 3.63) is 12.2 Å². The number of aliphatic hydroxyl groups excluding tert-OH is 2. The third kappa shape index (κ3) is 2.46. The minimum Gasteiger partial charge on any atom is -0.464 e. The topological polar surface area (TPSA) is 110 Å². The van der Waals surface area contributed by atoms with Gasteiger partial charge in [0.15, 0.2) is 5.78 Å². The Hall–Kier alpha value is -1.73. The predicted octanol–water partition coefficient (Wildman–Crippen LogP) is 1.40. The van der Waals surface area contributed by atoms with Crippen molar-refractivity contribution in [3.63, 3.8) is 0 Å². The summed E-state index contributed by atoms with van der Waals surface area (Å²) in [5, 5.41) is 21.7. The lowest BCUT2D eigenvalue weighted by Crippen LogP contribution is -2.71. The highest BCUT2D eigenvalue weighted by atomic mass is 16.6. The van der Waals surface area contributed by atoms with Gasteiger partial charge in [-0.2, -0.15) is 0 Å². The molecule has 4 fully saturated rings. The number of hydrogen-bond acceptors (Lipinski definition) is 7. The van der Waals surface area contributed by atoms with Gasteiger partial charge in [-0.15, -0.1) is 0 Å². The van der Waals surface area contributed by atoms with Crippen LogP contribution in [0.15, 0.2) is 12.2 Å². The molecule has 0 aromatic rings. The largest absolute Gasteiger partial charge is 0.464 e. The Bertz CT molecular complexity index is 786. The summed E-state index contributed by atoms with van der Waals surface area (Å²) in [7, 11) is 0. The van der Waals surface area contributed by atoms with E-state index in [0.717, 1.165) is 0 Å². The molecule has 1 saturated heterocycles. The average Bonchev–Trinajstić information content (AvgIpc) is 2.83. The van der Waals surface area contributed by atoms with Gasteiger partial charge in [0.1, 0.15) is 18.1 Å². The van der Waals surface area contributed by atoms with E-state index in [1.165, 1.54) is 6.92 Å². The smallest absolute Gasteiger partial charge is 0.320 e. The van der Waals surface area contributed by atoms with Crippen LogP contribution in [0.1, 0.15) is 46.5 Å². The number of ketones is 1.